The summed E-state index contributed by atoms with van der Waals surface area (Å²) in [4.78, 5) is 2.49. The second kappa shape index (κ2) is 8.61. The molecule has 0 aromatic heterocycles. The minimum atomic E-state index is -0.116. The second-order valence-electron chi connectivity index (χ2n) is 6.48. The van der Waals surface area contributed by atoms with Gasteiger partial charge in [-0.15, -0.1) is 0 Å². The van der Waals surface area contributed by atoms with Gasteiger partial charge in [-0.25, -0.2) is 4.39 Å². The lowest BCUT2D eigenvalue weighted by Gasteiger charge is -2.35. The van der Waals surface area contributed by atoms with Crippen LogP contribution in [0.4, 0.5) is 4.39 Å². The van der Waals surface area contributed by atoms with E-state index in [1.807, 2.05) is 12.1 Å². The standard InChI is InChI=1S/C18H29FN2O/c1-14-6-7-17(10-18(14)19)11-20-8-4-5-9-21-12-15(2)22-16(3)13-21/h6-7,10,15-16,20H,4-5,8-9,11-13H2,1-3H3. The minimum Gasteiger partial charge on any atom is -0.373 e. The van der Waals surface area contributed by atoms with Gasteiger partial charge in [-0.05, 0) is 63.9 Å². The summed E-state index contributed by atoms with van der Waals surface area (Å²) >= 11 is 0. The molecule has 1 saturated heterocycles. The van der Waals surface area contributed by atoms with Crippen molar-refractivity contribution < 1.29 is 9.13 Å². The van der Waals surface area contributed by atoms with Crippen molar-refractivity contribution in [1.29, 1.82) is 0 Å². The molecule has 1 aromatic carbocycles. The highest BCUT2D eigenvalue weighted by Crippen LogP contribution is 2.11. The number of morpholine rings is 1. The van der Waals surface area contributed by atoms with Gasteiger partial charge in [-0.3, -0.25) is 4.90 Å². The highest BCUT2D eigenvalue weighted by atomic mass is 19.1. The van der Waals surface area contributed by atoms with Gasteiger partial charge in [0.15, 0.2) is 0 Å². The zero-order valence-electron chi connectivity index (χ0n) is 14.1. The van der Waals surface area contributed by atoms with Gasteiger partial charge < -0.3 is 10.1 Å². The molecule has 0 saturated carbocycles. The van der Waals surface area contributed by atoms with Gasteiger partial charge in [0.1, 0.15) is 5.82 Å². The molecule has 1 aliphatic heterocycles. The Morgan fingerprint density at radius 1 is 1.23 bits per heavy atom. The first-order valence-corrected chi connectivity index (χ1v) is 8.38. The number of ether oxygens (including phenoxy) is 1. The van der Waals surface area contributed by atoms with Crippen LogP contribution in [0.15, 0.2) is 18.2 Å². The molecule has 2 rings (SSSR count). The zero-order valence-corrected chi connectivity index (χ0v) is 14.1. The normalized spacial score (nSPS) is 22.9. The molecule has 2 atom stereocenters. The first kappa shape index (κ1) is 17.4. The first-order valence-electron chi connectivity index (χ1n) is 8.38. The molecule has 1 heterocycles. The van der Waals surface area contributed by atoms with E-state index in [9.17, 15) is 4.39 Å². The number of benzene rings is 1. The van der Waals surface area contributed by atoms with Crippen LogP contribution in [-0.4, -0.2) is 43.3 Å². The van der Waals surface area contributed by atoms with Crippen LogP contribution in [0.5, 0.6) is 0 Å². The number of halogens is 1. The molecule has 22 heavy (non-hydrogen) atoms. The van der Waals surface area contributed by atoms with E-state index >= 15 is 0 Å². The van der Waals surface area contributed by atoms with E-state index in [1.165, 1.54) is 6.42 Å². The number of aryl methyl sites for hydroxylation is 1. The quantitative estimate of drug-likeness (QED) is 0.783. The fraction of sp³-hybridized carbons (Fsp3) is 0.667. The summed E-state index contributed by atoms with van der Waals surface area (Å²) in [7, 11) is 0. The van der Waals surface area contributed by atoms with Crippen molar-refractivity contribution in [3.63, 3.8) is 0 Å². The van der Waals surface area contributed by atoms with E-state index in [4.69, 9.17) is 4.74 Å². The van der Waals surface area contributed by atoms with Gasteiger partial charge in [0.05, 0.1) is 12.2 Å². The average Bonchev–Trinajstić information content (AvgIpc) is 2.45. The fourth-order valence-electron chi connectivity index (χ4n) is 3.03. The van der Waals surface area contributed by atoms with Crippen molar-refractivity contribution in [2.24, 2.45) is 0 Å². The molecule has 1 aromatic rings. The third-order valence-corrected chi connectivity index (χ3v) is 4.14. The van der Waals surface area contributed by atoms with Crippen LogP contribution in [0.25, 0.3) is 0 Å². The molecular formula is C18H29FN2O. The van der Waals surface area contributed by atoms with Crippen molar-refractivity contribution in [3.8, 4) is 0 Å². The summed E-state index contributed by atoms with van der Waals surface area (Å²) in [6.45, 7) is 11.0. The topological polar surface area (TPSA) is 24.5 Å². The number of nitrogens with one attached hydrogen (secondary N) is 1. The lowest BCUT2D eigenvalue weighted by molar-refractivity contribution is -0.0681. The van der Waals surface area contributed by atoms with E-state index < -0.39 is 0 Å². The molecule has 3 nitrogen and oxygen atoms in total. The Kier molecular flexibility index (Phi) is 6.80. The summed E-state index contributed by atoms with van der Waals surface area (Å²) in [6, 6.07) is 5.45. The molecule has 124 valence electrons. The molecule has 0 bridgehead atoms. The molecular weight excluding hydrogens is 279 g/mol. The largest absolute Gasteiger partial charge is 0.373 e. The SMILES string of the molecule is Cc1ccc(CNCCCCN2CC(C)OC(C)C2)cc1F. The summed E-state index contributed by atoms with van der Waals surface area (Å²) in [5.41, 5.74) is 1.72. The summed E-state index contributed by atoms with van der Waals surface area (Å²) in [6.07, 6.45) is 3.03. The van der Waals surface area contributed by atoms with Crippen LogP contribution < -0.4 is 5.32 Å². The molecule has 0 spiro atoms. The van der Waals surface area contributed by atoms with Crippen molar-refractivity contribution in [2.75, 3.05) is 26.2 Å². The number of hydrogen-bond acceptors (Lipinski definition) is 3. The third-order valence-electron chi connectivity index (χ3n) is 4.14. The molecule has 1 fully saturated rings. The Morgan fingerprint density at radius 2 is 1.95 bits per heavy atom. The van der Waals surface area contributed by atoms with E-state index in [-0.39, 0.29) is 5.82 Å². The van der Waals surface area contributed by atoms with Gasteiger partial charge in [-0.2, -0.15) is 0 Å². The maximum absolute atomic E-state index is 13.4. The van der Waals surface area contributed by atoms with Crippen molar-refractivity contribution in [1.82, 2.24) is 10.2 Å². The van der Waals surface area contributed by atoms with E-state index in [0.717, 1.165) is 44.7 Å². The molecule has 0 amide bonds. The third kappa shape index (κ3) is 5.67. The Labute approximate surface area is 133 Å². The average molecular weight is 308 g/mol. The molecule has 1 aliphatic rings. The highest BCUT2D eigenvalue weighted by molar-refractivity contribution is 5.23. The lowest BCUT2D eigenvalue weighted by atomic mass is 10.1. The van der Waals surface area contributed by atoms with Crippen molar-refractivity contribution in [3.05, 3.63) is 35.1 Å². The van der Waals surface area contributed by atoms with Crippen LogP contribution in [-0.2, 0) is 11.3 Å². The van der Waals surface area contributed by atoms with Crippen molar-refractivity contribution >= 4 is 0 Å². The molecule has 4 heteroatoms. The van der Waals surface area contributed by atoms with Crippen LogP contribution in [0, 0.1) is 12.7 Å². The maximum Gasteiger partial charge on any atom is 0.126 e. The Hall–Kier alpha value is -0.970. The smallest absolute Gasteiger partial charge is 0.126 e. The number of rotatable bonds is 7. The Bertz CT molecular complexity index is 456. The van der Waals surface area contributed by atoms with E-state index in [1.54, 1.807) is 13.0 Å². The van der Waals surface area contributed by atoms with Crippen LogP contribution in [0.1, 0.15) is 37.8 Å². The summed E-state index contributed by atoms with van der Waals surface area (Å²) < 4.78 is 19.2. The lowest BCUT2D eigenvalue weighted by Crippen LogP contribution is -2.45. The van der Waals surface area contributed by atoms with Gasteiger partial charge >= 0.3 is 0 Å². The van der Waals surface area contributed by atoms with Gasteiger partial charge in [-0.1, -0.05) is 12.1 Å². The predicted octanol–water partition coefficient (Wildman–Crippen LogP) is 3.11. The molecule has 0 aliphatic carbocycles. The number of unbranched alkanes of at least 4 members (excludes halogenated alkanes) is 1. The fourth-order valence-corrected chi connectivity index (χ4v) is 3.03. The number of hydrogen-bond donors (Lipinski definition) is 1. The van der Waals surface area contributed by atoms with Crippen LogP contribution >= 0.6 is 0 Å². The Morgan fingerprint density at radius 3 is 2.64 bits per heavy atom. The zero-order chi connectivity index (χ0) is 15.9. The minimum absolute atomic E-state index is 0.116. The van der Waals surface area contributed by atoms with Crippen molar-refractivity contribution in [2.45, 2.75) is 52.4 Å². The molecule has 1 N–H and O–H groups in total. The van der Waals surface area contributed by atoms with E-state index in [2.05, 4.69) is 24.1 Å². The van der Waals surface area contributed by atoms with Gasteiger partial charge in [0.2, 0.25) is 0 Å². The van der Waals surface area contributed by atoms with E-state index in [0.29, 0.717) is 17.8 Å². The Balaban J connectivity index is 1.56. The first-order chi connectivity index (χ1) is 10.5. The second-order valence-corrected chi connectivity index (χ2v) is 6.48. The van der Waals surface area contributed by atoms with Gasteiger partial charge in [0.25, 0.3) is 0 Å². The van der Waals surface area contributed by atoms with Crippen LogP contribution in [0.2, 0.25) is 0 Å². The predicted molar refractivity (Wildman–Crippen MR) is 88.5 cm³/mol. The molecule has 2 unspecified atom stereocenters. The summed E-state index contributed by atoms with van der Waals surface area (Å²) in [5.74, 6) is -0.116. The highest BCUT2D eigenvalue weighted by Gasteiger charge is 2.21. The van der Waals surface area contributed by atoms with Gasteiger partial charge in [0, 0.05) is 19.6 Å². The van der Waals surface area contributed by atoms with Crippen LogP contribution in [0.3, 0.4) is 0 Å². The molecule has 0 radical (unpaired) electrons. The monoisotopic (exact) mass is 308 g/mol. The number of nitrogens with zero attached hydrogens (tertiary/aromatic N) is 1. The summed E-state index contributed by atoms with van der Waals surface area (Å²) in [5, 5.41) is 3.39. The maximum atomic E-state index is 13.4.